The Bertz CT molecular complexity index is 531. The largest absolute Gasteiger partial charge is 0.348 e. The molecule has 2 aromatic rings. The minimum atomic E-state index is 0.137. The summed E-state index contributed by atoms with van der Waals surface area (Å²) in [5, 5.41) is 10.0. The molecule has 0 bridgehead atoms. The lowest BCUT2D eigenvalue weighted by molar-refractivity contribution is 0.640. The Morgan fingerprint density at radius 3 is 2.81 bits per heavy atom. The van der Waals surface area contributed by atoms with Gasteiger partial charge in [-0.25, -0.2) is 0 Å². The third-order valence-corrected chi connectivity index (χ3v) is 3.10. The summed E-state index contributed by atoms with van der Waals surface area (Å²) in [4.78, 5) is 0. The fraction of sp³-hybridized carbons (Fsp3) is 0.357. The second-order valence-electron chi connectivity index (χ2n) is 4.32. The quantitative estimate of drug-likeness (QED) is 0.767. The molecule has 1 heterocycles. The lowest BCUT2D eigenvalue weighted by atomic mass is 10.1. The Balaban J connectivity index is 2.25. The van der Waals surface area contributed by atoms with E-state index in [1.807, 2.05) is 6.92 Å². The molecule has 0 saturated heterocycles. The van der Waals surface area contributed by atoms with E-state index in [0.717, 1.165) is 12.8 Å². The highest BCUT2D eigenvalue weighted by atomic mass is 14.9. The predicted octanol–water partition coefficient (Wildman–Crippen LogP) is 3.27. The highest BCUT2D eigenvalue weighted by Crippen LogP contribution is 2.20. The van der Waals surface area contributed by atoms with Crippen molar-refractivity contribution < 1.29 is 0 Å². The molecule has 1 aromatic heterocycles. The van der Waals surface area contributed by atoms with Gasteiger partial charge in [0.25, 0.3) is 0 Å². The van der Waals surface area contributed by atoms with Gasteiger partial charge in [0, 0.05) is 24.2 Å². The van der Waals surface area contributed by atoms with Crippen LogP contribution in [-0.4, -0.2) is 4.57 Å². The van der Waals surface area contributed by atoms with Crippen LogP contribution >= 0.6 is 0 Å². The van der Waals surface area contributed by atoms with Gasteiger partial charge >= 0.3 is 0 Å². The van der Waals surface area contributed by atoms with E-state index in [4.69, 9.17) is 5.26 Å². The van der Waals surface area contributed by atoms with Crippen molar-refractivity contribution in [2.75, 3.05) is 0 Å². The smallest absolute Gasteiger partial charge is 0.0652 e. The number of hydrogen-bond acceptors (Lipinski definition) is 1. The first-order valence-corrected chi connectivity index (χ1v) is 5.65. The highest BCUT2D eigenvalue weighted by Gasteiger charge is 2.06. The molecular weight excluding hydrogens is 196 g/mol. The van der Waals surface area contributed by atoms with Gasteiger partial charge in [0.1, 0.15) is 0 Å². The van der Waals surface area contributed by atoms with Crippen molar-refractivity contribution in [3.8, 4) is 6.07 Å². The molecule has 0 saturated carbocycles. The molecule has 0 aliphatic carbocycles. The van der Waals surface area contributed by atoms with Gasteiger partial charge in [-0.05, 0) is 37.3 Å². The van der Waals surface area contributed by atoms with Gasteiger partial charge < -0.3 is 4.57 Å². The number of aromatic nitrogens is 1. The minimum Gasteiger partial charge on any atom is -0.348 e. The maximum absolute atomic E-state index is 8.77. The van der Waals surface area contributed by atoms with E-state index in [0.29, 0.717) is 0 Å². The topological polar surface area (TPSA) is 28.7 Å². The van der Waals surface area contributed by atoms with E-state index in [2.05, 4.69) is 48.0 Å². The summed E-state index contributed by atoms with van der Waals surface area (Å²) in [7, 11) is 2.09. The summed E-state index contributed by atoms with van der Waals surface area (Å²) >= 11 is 0. The lowest BCUT2D eigenvalue weighted by Gasteiger charge is -2.04. The van der Waals surface area contributed by atoms with Gasteiger partial charge in [-0.1, -0.05) is 18.2 Å². The van der Waals surface area contributed by atoms with Crippen LogP contribution in [0.1, 0.15) is 19.0 Å². The van der Waals surface area contributed by atoms with E-state index in [1.54, 1.807) is 0 Å². The zero-order chi connectivity index (χ0) is 11.5. The third-order valence-electron chi connectivity index (χ3n) is 3.10. The van der Waals surface area contributed by atoms with Gasteiger partial charge in [0.2, 0.25) is 0 Å². The van der Waals surface area contributed by atoms with Crippen molar-refractivity contribution >= 4 is 10.9 Å². The molecule has 1 aromatic carbocycles. The van der Waals surface area contributed by atoms with Crippen LogP contribution < -0.4 is 0 Å². The zero-order valence-electron chi connectivity index (χ0n) is 9.77. The molecule has 0 spiro atoms. The summed E-state index contributed by atoms with van der Waals surface area (Å²) in [6, 6.07) is 12.9. The molecule has 0 aliphatic rings. The summed E-state index contributed by atoms with van der Waals surface area (Å²) < 4.78 is 2.22. The van der Waals surface area contributed by atoms with Gasteiger partial charge in [-0.3, -0.25) is 0 Å². The molecule has 2 rings (SSSR count). The molecule has 2 nitrogen and oxygen atoms in total. The number of fused-ring (bicyclic) bond motifs is 1. The molecule has 0 N–H and O–H groups in total. The van der Waals surface area contributed by atoms with Crippen LogP contribution in [0.15, 0.2) is 30.3 Å². The first kappa shape index (κ1) is 10.8. The maximum Gasteiger partial charge on any atom is 0.0652 e. The van der Waals surface area contributed by atoms with E-state index < -0.39 is 0 Å². The summed E-state index contributed by atoms with van der Waals surface area (Å²) in [6.07, 6.45) is 1.90. The van der Waals surface area contributed by atoms with E-state index in [-0.39, 0.29) is 5.92 Å². The third kappa shape index (κ3) is 1.94. The minimum absolute atomic E-state index is 0.137. The highest BCUT2D eigenvalue weighted by molar-refractivity contribution is 5.81. The molecule has 0 aliphatic heterocycles. The lowest BCUT2D eigenvalue weighted by Crippen LogP contribution is -1.99. The van der Waals surface area contributed by atoms with Crippen molar-refractivity contribution in [3.05, 3.63) is 36.0 Å². The van der Waals surface area contributed by atoms with E-state index in [9.17, 15) is 0 Å². The molecule has 82 valence electrons. The van der Waals surface area contributed by atoms with Crippen LogP contribution in [0.5, 0.6) is 0 Å². The average Bonchev–Trinajstić information content (AvgIpc) is 2.64. The van der Waals surface area contributed by atoms with Crippen LogP contribution in [0, 0.1) is 17.2 Å². The second kappa shape index (κ2) is 4.40. The molecule has 0 amide bonds. The predicted molar refractivity (Wildman–Crippen MR) is 66.0 cm³/mol. The van der Waals surface area contributed by atoms with E-state index in [1.165, 1.54) is 16.6 Å². The van der Waals surface area contributed by atoms with Gasteiger partial charge in [-0.2, -0.15) is 5.26 Å². The Labute approximate surface area is 96.1 Å². The van der Waals surface area contributed by atoms with Crippen molar-refractivity contribution in [3.63, 3.8) is 0 Å². The van der Waals surface area contributed by atoms with Gasteiger partial charge in [0.05, 0.1) is 6.07 Å². The fourth-order valence-corrected chi connectivity index (χ4v) is 2.01. The summed E-state index contributed by atoms with van der Waals surface area (Å²) in [5.41, 5.74) is 2.57. The van der Waals surface area contributed by atoms with Crippen molar-refractivity contribution in [1.82, 2.24) is 4.57 Å². The van der Waals surface area contributed by atoms with Crippen LogP contribution in [0.3, 0.4) is 0 Å². The van der Waals surface area contributed by atoms with Crippen molar-refractivity contribution in [1.29, 1.82) is 5.26 Å². The monoisotopic (exact) mass is 212 g/mol. The Morgan fingerprint density at radius 2 is 2.12 bits per heavy atom. The number of para-hydroxylation sites is 1. The Kier molecular flexibility index (Phi) is 2.96. The second-order valence-corrected chi connectivity index (χ2v) is 4.32. The molecular formula is C14H16N2. The van der Waals surface area contributed by atoms with E-state index >= 15 is 0 Å². The molecule has 1 unspecified atom stereocenters. The number of nitrogens with zero attached hydrogens (tertiary/aromatic N) is 2. The fourth-order valence-electron chi connectivity index (χ4n) is 2.01. The number of aryl methyl sites for hydroxylation is 2. The van der Waals surface area contributed by atoms with Crippen LogP contribution in [0.25, 0.3) is 10.9 Å². The Morgan fingerprint density at radius 1 is 1.38 bits per heavy atom. The Hall–Kier alpha value is -1.75. The normalized spacial score (nSPS) is 12.6. The maximum atomic E-state index is 8.77. The molecule has 0 fully saturated rings. The zero-order valence-corrected chi connectivity index (χ0v) is 9.77. The van der Waals surface area contributed by atoms with Gasteiger partial charge in [-0.15, -0.1) is 0 Å². The standard InChI is InChI=1S/C14H16N2/c1-11(10-15)7-8-13-9-12-5-3-4-6-14(12)16(13)2/h3-6,9,11H,7-8H2,1-2H3. The number of hydrogen-bond donors (Lipinski definition) is 0. The molecule has 2 heteroatoms. The first-order valence-electron chi connectivity index (χ1n) is 5.65. The molecule has 0 radical (unpaired) electrons. The SMILES string of the molecule is CC(C#N)CCc1cc2ccccc2n1C. The molecule has 1 atom stereocenters. The van der Waals surface area contributed by atoms with Crippen LogP contribution in [0.4, 0.5) is 0 Å². The summed E-state index contributed by atoms with van der Waals surface area (Å²) in [5.74, 6) is 0.137. The van der Waals surface area contributed by atoms with Gasteiger partial charge in [0.15, 0.2) is 0 Å². The number of benzene rings is 1. The average molecular weight is 212 g/mol. The van der Waals surface area contributed by atoms with Crippen molar-refractivity contribution in [2.45, 2.75) is 19.8 Å². The molecule has 16 heavy (non-hydrogen) atoms. The number of rotatable bonds is 3. The van der Waals surface area contributed by atoms with Crippen molar-refractivity contribution in [2.24, 2.45) is 13.0 Å². The van der Waals surface area contributed by atoms with Crippen LogP contribution in [-0.2, 0) is 13.5 Å². The first-order chi connectivity index (χ1) is 7.72. The van der Waals surface area contributed by atoms with Crippen LogP contribution in [0.2, 0.25) is 0 Å². The number of nitriles is 1. The summed E-state index contributed by atoms with van der Waals surface area (Å²) in [6.45, 7) is 1.97.